The summed E-state index contributed by atoms with van der Waals surface area (Å²) in [4.78, 5) is 68.4. The first-order valence-corrected chi connectivity index (χ1v) is 24.4. The summed E-state index contributed by atoms with van der Waals surface area (Å²) in [6.07, 6.45) is -1.51. The predicted molar refractivity (Wildman–Crippen MR) is 272 cm³/mol. The first kappa shape index (κ1) is 49.4. The van der Waals surface area contributed by atoms with Crippen LogP contribution in [0.15, 0.2) is 140 Å². The lowest BCUT2D eigenvalue weighted by Crippen LogP contribution is -2.57. The smallest absolute Gasteiger partial charge is 0.421 e. The number of imide groups is 1. The van der Waals surface area contributed by atoms with Crippen LogP contribution in [-0.4, -0.2) is 106 Å². The molecule has 0 aromatic heterocycles. The van der Waals surface area contributed by atoms with Gasteiger partial charge in [0.1, 0.15) is 42.3 Å². The van der Waals surface area contributed by atoms with E-state index in [1.54, 1.807) is 74.8 Å². The maximum absolute atomic E-state index is 16.7. The van der Waals surface area contributed by atoms with E-state index in [4.69, 9.17) is 33.2 Å². The predicted octanol–water partition coefficient (Wildman–Crippen LogP) is 7.52. The molecule has 1 N–H and O–H groups in total. The average molecular weight is 998 g/mol. The number of amides is 3. The van der Waals surface area contributed by atoms with Crippen molar-refractivity contribution in [1.82, 2.24) is 9.80 Å². The molecule has 10 rings (SSSR count). The van der Waals surface area contributed by atoms with Gasteiger partial charge in [-0.1, -0.05) is 84.6 Å². The van der Waals surface area contributed by atoms with Crippen molar-refractivity contribution in [2.24, 2.45) is 5.92 Å². The number of hydrogen-bond acceptors (Lipinski definition) is 13. The standard InChI is InChI=1S/C59H55N3O12/c1-68-30-31-73-58(67)61-47-25-22-38(19-18-37-20-23-44(69-2)24-21-37)32-46(47)59(57(61)66)50(55(64)60-27-26-41-34-48(70-3)49(71-4)35-43(41)36-60)52-56(65)74-53(40-14-9-6-10-15-40)51(39-12-7-5-8-13-39)62(52)54(59)42-16-11-17-45(33-42)72-29-28-63/h5-17,20-25,32-35,50-54,63H,26-31,36H2,1-4H3/t50-,51-,52-,53+,54+,59-/m0/s1. The van der Waals surface area contributed by atoms with E-state index in [1.165, 1.54) is 7.11 Å². The molecule has 4 aliphatic rings. The zero-order valence-corrected chi connectivity index (χ0v) is 41.4. The Labute approximate surface area is 429 Å². The van der Waals surface area contributed by atoms with Crippen LogP contribution in [0, 0.1) is 17.8 Å². The van der Waals surface area contributed by atoms with E-state index in [2.05, 4.69) is 11.8 Å². The molecule has 0 radical (unpaired) electrons. The molecule has 1 spiro atoms. The highest BCUT2D eigenvalue weighted by Gasteiger charge is 2.76. The molecular weight excluding hydrogens is 943 g/mol. The number of esters is 1. The van der Waals surface area contributed by atoms with Crippen molar-refractivity contribution < 1.29 is 57.4 Å². The summed E-state index contributed by atoms with van der Waals surface area (Å²) in [5.41, 5.74) is 3.18. The largest absolute Gasteiger partial charge is 0.497 e. The molecule has 2 saturated heterocycles. The molecule has 378 valence electrons. The van der Waals surface area contributed by atoms with Crippen LogP contribution in [-0.2, 0) is 47.0 Å². The minimum absolute atomic E-state index is 0.0338. The normalized spacial score (nSPS) is 21.7. The molecule has 2 fully saturated rings. The van der Waals surface area contributed by atoms with E-state index in [1.807, 2.05) is 95.9 Å². The molecule has 15 nitrogen and oxygen atoms in total. The Morgan fingerprint density at radius 1 is 0.689 bits per heavy atom. The number of anilines is 1. The molecule has 4 aliphatic heterocycles. The lowest BCUT2D eigenvalue weighted by Gasteiger charge is -2.46. The summed E-state index contributed by atoms with van der Waals surface area (Å²) < 4.78 is 40.5. The summed E-state index contributed by atoms with van der Waals surface area (Å²) in [6.45, 7) is -0.119. The highest BCUT2D eigenvalue weighted by Crippen LogP contribution is 2.66. The van der Waals surface area contributed by atoms with Crippen molar-refractivity contribution in [3.63, 3.8) is 0 Å². The fourth-order valence-electron chi connectivity index (χ4n) is 11.2. The number of fused-ring (bicyclic) bond motifs is 4. The number of carbonyl (C=O) groups excluding carboxylic acids is 4. The van der Waals surface area contributed by atoms with Crippen LogP contribution >= 0.6 is 0 Å². The van der Waals surface area contributed by atoms with Gasteiger partial charge in [0.25, 0.3) is 0 Å². The Kier molecular flexibility index (Phi) is 14.1. The van der Waals surface area contributed by atoms with Crippen LogP contribution in [0.2, 0.25) is 0 Å². The second kappa shape index (κ2) is 21.1. The third-order valence-corrected chi connectivity index (χ3v) is 14.4. The number of aliphatic hydroxyl groups is 1. The number of nitrogens with zero attached hydrogens (tertiary/aromatic N) is 3. The van der Waals surface area contributed by atoms with Gasteiger partial charge in [0.15, 0.2) is 11.5 Å². The first-order valence-electron chi connectivity index (χ1n) is 24.4. The quantitative estimate of drug-likeness (QED) is 0.0688. The molecule has 0 unspecified atom stereocenters. The maximum atomic E-state index is 16.7. The van der Waals surface area contributed by atoms with Crippen LogP contribution in [0.4, 0.5) is 10.5 Å². The summed E-state index contributed by atoms with van der Waals surface area (Å²) in [5, 5.41) is 9.90. The number of ether oxygens (including phenoxy) is 7. The lowest BCUT2D eigenvalue weighted by atomic mass is 9.64. The van der Waals surface area contributed by atoms with Crippen LogP contribution in [0.25, 0.3) is 0 Å². The van der Waals surface area contributed by atoms with Gasteiger partial charge in [0, 0.05) is 31.3 Å². The SMILES string of the molecule is COCCOC(=O)N1C(=O)[C@@]2(c3cc(C#Cc4ccc(OC)cc4)ccc31)[C@H](C(=O)N1CCc3cc(OC)c(OC)cc3C1)[C@H]1C(=O)O[C@H](c3ccccc3)[C@H](c3ccccc3)N1[C@@H]2c1cccc(OCCO)c1. The van der Waals surface area contributed by atoms with Crippen molar-refractivity contribution in [2.45, 2.75) is 42.6 Å². The van der Waals surface area contributed by atoms with E-state index < -0.39 is 59.4 Å². The number of benzene rings is 6. The minimum atomic E-state index is -2.08. The molecule has 0 saturated carbocycles. The van der Waals surface area contributed by atoms with E-state index in [0.29, 0.717) is 51.7 Å². The van der Waals surface area contributed by atoms with E-state index in [-0.39, 0.29) is 50.8 Å². The molecule has 15 heteroatoms. The Balaban J connectivity index is 1.27. The molecular formula is C59H55N3O12. The summed E-state index contributed by atoms with van der Waals surface area (Å²) in [7, 11) is 6.16. The molecule has 4 heterocycles. The molecule has 0 aliphatic carbocycles. The van der Waals surface area contributed by atoms with Gasteiger partial charge in [-0.05, 0) is 107 Å². The number of methoxy groups -OCH3 is 4. The molecule has 6 atom stereocenters. The van der Waals surface area contributed by atoms with E-state index in [9.17, 15) is 9.90 Å². The monoisotopic (exact) mass is 997 g/mol. The number of aliphatic hydroxyl groups excluding tert-OH is 1. The van der Waals surface area contributed by atoms with Gasteiger partial charge < -0.3 is 43.2 Å². The van der Waals surface area contributed by atoms with Crippen LogP contribution < -0.4 is 23.8 Å². The van der Waals surface area contributed by atoms with Gasteiger partial charge in [0.2, 0.25) is 11.8 Å². The fourth-order valence-corrected chi connectivity index (χ4v) is 11.2. The Morgan fingerprint density at radius 3 is 2.05 bits per heavy atom. The fraction of sp³-hybridized carbons (Fsp3) is 0.288. The molecule has 3 amide bonds. The van der Waals surface area contributed by atoms with Gasteiger partial charge in [-0.2, -0.15) is 0 Å². The molecule has 0 bridgehead atoms. The van der Waals surface area contributed by atoms with Gasteiger partial charge >= 0.3 is 12.1 Å². The zero-order chi connectivity index (χ0) is 51.5. The van der Waals surface area contributed by atoms with Crippen molar-refractivity contribution in [1.29, 1.82) is 0 Å². The van der Waals surface area contributed by atoms with Crippen molar-refractivity contribution >= 4 is 29.6 Å². The Morgan fingerprint density at radius 2 is 1.36 bits per heavy atom. The third kappa shape index (κ3) is 8.74. The molecule has 6 aromatic carbocycles. The third-order valence-electron chi connectivity index (χ3n) is 14.4. The minimum Gasteiger partial charge on any atom is -0.497 e. The average Bonchev–Trinajstić information content (AvgIpc) is 3.90. The lowest BCUT2D eigenvalue weighted by molar-refractivity contribution is -0.179. The second-order valence-electron chi connectivity index (χ2n) is 18.4. The number of morpholine rings is 1. The summed E-state index contributed by atoms with van der Waals surface area (Å²) in [5.74, 6) is 4.99. The van der Waals surface area contributed by atoms with Crippen molar-refractivity contribution in [3.8, 4) is 34.8 Å². The van der Waals surface area contributed by atoms with Crippen molar-refractivity contribution in [2.75, 3.05) is 66.3 Å². The second-order valence-corrected chi connectivity index (χ2v) is 18.4. The van der Waals surface area contributed by atoms with Gasteiger partial charge in [0.05, 0.1) is 58.2 Å². The number of rotatable bonds is 13. The Hall–Kier alpha value is -8.16. The number of hydrogen-bond donors (Lipinski definition) is 1. The summed E-state index contributed by atoms with van der Waals surface area (Å²) >= 11 is 0. The van der Waals surface area contributed by atoms with Gasteiger partial charge in [-0.3, -0.25) is 19.3 Å². The Bertz CT molecular complexity index is 3140. The highest BCUT2D eigenvalue weighted by atomic mass is 16.6. The van der Waals surface area contributed by atoms with Crippen LogP contribution in [0.3, 0.4) is 0 Å². The number of cyclic esters (lactones) is 1. The maximum Gasteiger partial charge on any atom is 0.421 e. The topological polar surface area (TPSA) is 163 Å². The zero-order valence-electron chi connectivity index (χ0n) is 41.4. The van der Waals surface area contributed by atoms with Crippen molar-refractivity contribution in [3.05, 3.63) is 184 Å². The highest BCUT2D eigenvalue weighted by molar-refractivity contribution is 6.23. The van der Waals surface area contributed by atoms with Gasteiger partial charge in [-0.15, -0.1) is 0 Å². The van der Waals surface area contributed by atoms with E-state index >= 15 is 14.4 Å². The first-order chi connectivity index (χ1) is 36.1. The van der Waals surface area contributed by atoms with Crippen LogP contribution in [0.1, 0.15) is 62.7 Å². The summed E-state index contributed by atoms with van der Waals surface area (Å²) in [6, 6.07) is 38.7. The van der Waals surface area contributed by atoms with Gasteiger partial charge in [-0.25, -0.2) is 9.69 Å². The molecule has 74 heavy (non-hydrogen) atoms. The van der Waals surface area contributed by atoms with Crippen LogP contribution in [0.5, 0.6) is 23.0 Å². The molecule has 6 aromatic rings. The number of carbonyl (C=O) groups is 4. The van der Waals surface area contributed by atoms with E-state index in [0.717, 1.165) is 21.6 Å².